The fraction of sp³-hybridized carbons (Fsp3) is 0.412. The highest BCUT2D eigenvalue weighted by Gasteiger charge is 2.20. The molecule has 0 aliphatic carbocycles. The van der Waals surface area contributed by atoms with Gasteiger partial charge in [-0.1, -0.05) is 26.0 Å². The Labute approximate surface area is 134 Å². The van der Waals surface area contributed by atoms with Gasteiger partial charge in [0.25, 0.3) is 0 Å². The van der Waals surface area contributed by atoms with Crippen LogP contribution in [0.3, 0.4) is 0 Å². The summed E-state index contributed by atoms with van der Waals surface area (Å²) in [5.74, 6) is 0.856. The predicted molar refractivity (Wildman–Crippen MR) is 85.3 cm³/mol. The number of hydrogen-bond acceptors (Lipinski definition) is 5. The van der Waals surface area contributed by atoms with Gasteiger partial charge in [0.2, 0.25) is 5.91 Å². The van der Waals surface area contributed by atoms with E-state index in [2.05, 4.69) is 10.1 Å². The number of hydrogen-bond donors (Lipinski definition) is 1. The lowest BCUT2D eigenvalue weighted by atomic mass is 10.0. The molecule has 0 fully saturated rings. The van der Waals surface area contributed by atoms with Crippen LogP contribution >= 0.6 is 0 Å². The number of carbonyl (C=O) groups is 2. The van der Waals surface area contributed by atoms with Crippen molar-refractivity contribution < 1.29 is 23.5 Å². The summed E-state index contributed by atoms with van der Waals surface area (Å²) in [6.45, 7) is 5.71. The molecule has 1 heterocycles. The molecule has 0 aliphatic rings. The molecule has 0 bridgehead atoms. The Bertz CT molecular complexity index is 717. The molecule has 1 aromatic carbocycles. The molecule has 0 spiro atoms. The highest BCUT2D eigenvalue weighted by atomic mass is 16.6. The summed E-state index contributed by atoms with van der Waals surface area (Å²) >= 11 is 0. The normalized spacial score (nSPS) is 10.8. The lowest BCUT2D eigenvalue weighted by Gasteiger charge is -2.06. The van der Waals surface area contributed by atoms with Crippen LogP contribution in [0, 0.1) is 0 Å². The Kier molecular flexibility index (Phi) is 5.26. The summed E-state index contributed by atoms with van der Waals surface area (Å²) in [6.07, 6.45) is 0. The maximum atomic E-state index is 11.3. The zero-order valence-electron chi connectivity index (χ0n) is 13.8. The van der Waals surface area contributed by atoms with Crippen LogP contribution in [0.15, 0.2) is 22.6 Å². The van der Waals surface area contributed by atoms with Gasteiger partial charge < -0.3 is 19.2 Å². The SMILES string of the molecule is COC(=O)COc1cccc2c(CNC(C)=O)c(C(C)C)oc12. The summed E-state index contributed by atoms with van der Waals surface area (Å²) in [7, 11) is 1.31. The fourth-order valence-corrected chi connectivity index (χ4v) is 2.33. The van der Waals surface area contributed by atoms with Crippen LogP contribution in [0.4, 0.5) is 0 Å². The smallest absolute Gasteiger partial charge is 0.343 e. The molecular weight excluding hydrogens is 298 g/mol. The third-order valence-corrected chi connectivity index (χ3v) is 3.43. The molecule has 0 radical (unpaired) electrons. The Morgan fingerprint density at radius 3 is 2.65 bits per heavy atom. The molecule has 0 saturated carbocycles. The lowest BCUT2D eigenvalue weighted by Crippen LogP contribution is -2.19. The van der Waals surface area contributed by atoms with Crippen molar-refractivity contribution in [2.45, 2.75) is 33.2 Å². The van der Waals surface area contributed by atoms with Crippen molar-refractivity contribution in [3.05, 3.63) is 29.5 Å². The molecule has 0 saturated heterocycles. The van der Waals surface area contributed by atoms with Crippen LogP contribution in [0.5, 0.6) is 5.75 Å². The number of nitrogens with one attached hydrogen (secondary N) is 1. The predicted octanol–water partition coefficient (Wildman–Crippen LogP) is 2.74. The van der Waals surface area contributed by atoms with Crippen LogP contribution in [0.25, 0.3) is 11.0 Å². The molecule has 6 heteroatoms. The molecule has 23 heavy (non-hydrogen) atoms. The molecule has 1 amide bonds. The number of amides is 1. The molecule has 1 aromatic heterocycles. The van der Waals surface area contributed by atoms with Gasteiger partial charge in [0, 0.05) is 30.3 Å². The summed E-state index contributed by atoms with van der Waals surface area (Å²) < 4.78 is 16.0. The van der Waals surface area contributed by atoms with E-state index in [9.17, 15) is 9.59 Å². The number of furan rings is 1. The number of methoxy groups -OCH3 is 1. The Morgan fingerprint density at radius 2 is 2.04 bits per heavy atom. The molecular formula is C17H21NO5. The van der Waals surface area contributed by atoms with Crippen molar-refractivity contribution in [3.63, 3.8) is 0 Å². The van der Waals surface area contributed by atoms with E-state index >= 15 is 0 Å². The molecule has 0 aliphatic heterocycles. The third kappa shape index (κ3) is 3.83. The monoisotopic (exact) mass is 319 g/mol. The molecule has 6 nitrogen and oxygen atoms in total. The second-order valence-electron chi connectivity index (χ2n) is 5.51. The minimum Gasteiger partial charge on any atom is -0.478 e. The number of ether oxygens (including phenoxy) is 2. The van der Waals surface area contributed by atoms with Crippen LogP contribution in [-0.4, -0.2) is 25.6 Å². The first-order valence-corrected chi connectivity index (χ1v) is 7.42. The largest absolute Gasteiger partial charge is 0.478 e. The summed E-state index contributed by atoms with van der Waals surface area (Å²) in [4.78, 5) is 22.5. The van der Waals surface area contributed by atoms with E-state index in [1.165, 1.54) is 14.0 Å². The maximum Gasteiger partial charge on any atom is 0.343 e. The molecule has 1 N–H and O–H groups in total. The molecule has 0 atom stereocenters. The van der Waals surface area contributed by atoms with Crippen molar-refractivity contribution in [3.8, 4) is 5.75 Å². The van der Waals surface area contributed by atoms with E-state index < -0.39 is 5.97 Å². The van der Waals surface area contributed by atoms with Crippen LogP contribution in [0.2, 0.25) is 0 Å². The average Bonchev–Trinajstić information content (AvgIpc) is 2.89. The highest BCUT2D eigenvalue weighted by Crippen LogP contribution is 2.36. The lowest BCUT2D eigenvalue weighted by molar-refractivity contribution is -0.142. The molecule has 2 aromatic rings. The topological polar surface area (TPSA) is 77.8 Å². The molecule has 0 unspecified atom stereocenters. The van der Waals surface area contributed by atoms with Gasteiger partial charge in [0.1, 0.15) is 5.76 Å². The van der Waals surface area contributed by atoms with E-state index in [4.69, 9.17) is 9.15 Å². The zero-order chi connectivity index (χ0) is 17.0. The Hall–Kier alpha value is -2.50. The molecule has 124 valence electrons. The van der Waals surface area contributed by atoms with Crippen molar-refractivity contribution >= 4 is 22.8 Å². The number of esters is 1. The first kappa shape index (κ1) is 16.9. The number of benzene rings is 1. The van der Waals surface area contributed by atoms with E-state index in [1.54, 1.807) is 6.07 Å². The van der Waals surface area contributed by atoms with Crippen LogP contribution in [0.1, 0.15) is 38.0 Å². The van der Waals surface area contributed by atoms with Gasteiger partial charge in [-0.05, 0) is 6.07 Å². The fourth-order valence-electron chi connectivity index (χ4n) is 2.33. The van der Waals surface area contributed by atoms with Gasteiger partial charge in [0.05, 0.1) is 7.11 Å². The second kappa shape index (κ2) is 7.17. The standard InChI is InChI=1S/C17H21NO5/c1-10(2)16-13(8-18-11(3)19)12-6-5-7-14(17(12)23-16)22-9-15(20)21-4/h5-7,10H,8-9H2,1-4H3,(H,18,19). The second-order valence-corrected chi connectivity index (χ2v) is 5.51. The Morgan fingerprint density at radius 1 is 1.30 bits per heavy atom. The van der Waals surface area contributed by atoms with E-state index in [-0.39, 0.29) is 18.4 Å². The van der Waals surface area contributed by atoms with Crippen molar-refractivity contribution in [1.82, 2.24) is 5.32 Å². The van der Waals surface area contributed by atoms with Gasteiger partial charge in [-0.2, -0.15) is 0 Å². The van der Waals surface area contributed by atoms with Crippen LogP contribution in [-0.2, 0) is 20.9 Å². The molecule has 2 rings (SSSR count). The first-order valence-electron chi connectivity index (χ1n) is 7.42. The number of fused-ring (bicyclic) bond motifs is 1. The highest BCUT2D eigenvalue weighted by molar-refractivity contribution is 5.88. The average molecular weight is 319 g/mol. The summed E-state index contributed by atoms with van der Waals surface area (Å²) in [5, 5.41) is 3.67. The van der Waals surface area contributed by atoms with Crippen molar-refractivity contribution in [2.24, 2.45) is 0 Å². The maximum absolute atomic E-state index is 11.3. The van der Waals surface area contributed by atoms with E-state index in [0.717, 1.165) is 16.7 Å². The minimum absolute atomic E-state index is 0.104. The minimum atomic E-state index is -0.462. The van der Waals surface area contributed by atoms with Gasteiger partial charge in [-0.3, -0.25) is 4.79 Å². The van der Waals surface area contributed by atoms with Crippen molar-refractivity contribution in [2.75, 3.05) is 13.7 Å². The van der Waals surface area contributed by atoms with Gasteiger partial charge >= 0.3 is 5.97 Å². The van der Waals surface area contributed by atoms with Gasteiger partial charge in [-0.15, -0.1) is 0 Å². The summed E-state index contributed by atoms with van der Waals surface area (Å²) in [5.41, 5.74) is 1.49. The van der Waals surface area contributed by atoms with Crippen molar-refractivity contribution in [1.29, 1.82) is 0 Å². The zero-order valence-corrected chi connectivity index (χ0v) is 13.8. The summed E-state index contributed by atoms with van der Waals surface area (Å²) in [6, 6.07) is 5.47. The van der Waals surface area contributed by atoms with Gasteiger partial charge in [0.15, 0.2) is 17.9 Å². The first-order chi connectivity index (χ1) is 10.9. The van der Waals surface area contributed by atoms with Crippen LogP contribution < -0.4 is 10.1 Å². The quantitative estimate of drug-likeness (QED) is 0.828. The third-order valence-electron chi connectivity index (χ3n) is 3.43. The number of para-hydroxylation sites is 1. The Balaban J connectivity index is 2.42. The van der Waals surface area contributed by atoms with Gasteiger partial charge in [-0.25, -0.2) is 4.79 Å². The van der Waals surface area contributed by atoms with E-state index in [1.807, 2.05) is 26.0 Å². The number of rotatable bonds is 6. The van der Waals surface area contributed by atoms with E-state index in [0.29, 0.717) is 17.9 Å². The number of carbonyl (C=O) groups excluding carboxylic acids is 2.